The highest BCUT2D eigenvalue weighted by Gasteiger charge is 2.50. The van der Waals surface area contributed by atoms with Gasteiger partial charge in [0.25, 0.3) is 0 Å². The monoisotopic (exact) mass is 466 g/mol. The topological polar surface area (TPSA) is 44.1 Å². The summed E-state index contributed by atoms with van der Waals surface area (Å²) in [6.07, 6.45) is 20.3. The number of esters is 1. The summed E-state index contributed by atoms with van der Waals surface area (Å²) in [6, 6.07) is 4.54. The fourth-order valence-corrected chi connectivity index (χ4v) is 8.38. The first-order valence-corrected chi connectivity index (χ1v) is 13.8. The molecule has 4 saturated carbocycles. The molecule has 0 saturated heterocycles. The zero-order valence-electron chi connectivity index (χ0n) is 20.2. The first-order chi connectivity index (χ1) is 16.1. The van der Waals surface area contributed by atoms with Crippen molar-refractivity contribution < 1.29 is 9.53 Å². The summed E-state index contributed by atoms with van der Waals surface area (Å²) in [4.78, 5) is 18.2. The van der Waals surface area contributed by atoms with Gasteiger partial charge in [-0.2, -0.15) is 0 Å². The lowest BCUT2D eigenvalue weighted by Gasteiger charge is -2.57. The third-order valence-corrected chi connectivity index (χ3v) is 9.48. The minimum Gasteiger partial charge on any atom is -0.466 e. The fourth-order valence-electron chi connectivity index (χ4n) is 7.65. The molecular weight excluding hydrogens is 428 g/mol. The minimum atomic E-state index is -0.253. The molecule has 0 aliphatic heterocycles. The number of hydrogen-bond donors (Lipinski definition) is 0. The molecule has 4 aliphatic rings. The molecule has 0 N–H and O–H groups in total. The Morgan fingerprint density at radius 1 is 1.24 bits per heavy atom. The van der Waals surface area contributed by atoms with Crippen molar-refractivity contribution in [2.45, 2.75) is 83.6 Å². The largest absolute Gasteiger partial charge is 0.466 e. The summed E-state index contributed by atoms with van der Waals surface area (Å²) >= 11 is 1.67. The van der Waals surface area contributed by atoms with Gasteiger partial charge in [-0.15, -0.1) is 11.3 Å². The van der Waals surface area contributed by atoms with Crippen LogP contribution in [0.15, 0.2) is 35.6 Å². The Balaban J connectivity index is 1.34. The van der Waals surface area contributed by atoms with E-state index >= 15 is 0 Å². The Bertz CT molecular complexity index is 939. The molecule has 4 fully saturated rings. The van der Waals surface area contributed by atoms with Crippen molar-refractivity contribution in [2.75, 3.05) is 7.11 Å². The lowest BCUT2D eigenvalue weighted by atomic mass is 9.48. The van der Waals surface area contributed by atoms with E-state index in [0.29, 0.717) is 23.5 Å². The van der Waals surface area contributed by atoms with Crippen LogP contribution in [0.2, 0.25) is 0 Å². The molecule has 6 rings (SSSR count). The molecule has 33 heavy (non-hydrogen) atoms. The van der Waals surface area contributed by atoms with Gasteiger partial charge in [0, 0.05) is 22.9 Å². The highest BCUT2D eigenvalue weighted by molar-refractivity contribution is 7.09. The van der Waals surface area contributed by atoms with Gasteiger partial charge >= 0.3 is 5.97 Å². The molecule has 1 atom stereocenters. The Morgan fingerprint density at radius 2 is 1.97 bits per heavy atom. The van der Waals surface area contributed by atoms with Crippen LogP contribution in [-0.4, -0.2) is 22.6 Å². The van der Waals surface area contributed by atoms with Crippen LogP contribution < -0.4 is 0 Å². The van der Waals surface area contributed by atoms with Crippen LogP contribution in [0.1, 0.15) is 87.7 Å². The van der Waals surface area contributed by atoms with E-state index < -0.39 is 0 Å². The van der Waals surface area contributed by atoms with Gasteiger partial charge in [0.2, 0.25) is 0 Å². The molecular formula is C28H38N2O2S. The number of carbonyl (C=O) groups excluding carboxylic acids is 1. The van der Waals surface area contributed by atoms with Gasteiger partial charge in [-0.3, -0.25) is 0 Å². The number of rotatable bonds is 10. The maximum atomic E-state index is 12.5. The van der Waals surface area contributed by atoms with Crippen molar-refractivity contribution >= 4 is 23.4 Å². The van der Waals surface area contributed by atoms with Gasteiger partial charge in [-0.05, 0) is 98.5 Å². The van der Waals surface area contributed by atoms with Crippen molar-refractivity contribution in [1.82, 2.24) is 9.55 Å². The van der Waals surface area contributed by atoms with Crippen LogP contribution in [0, 0.1) is 23.2 Å². The molecule has 2 aromatic heterocycles. The van der Waals surface area contributed by atoms with Crippen LogP contribution in [0.3, 0.4) is 0 Å². The van der Waals surface area contributed by atoms with Crippen LogP contribution in [0.4, 0.5) is 0 Å². The van der Waals surface area contributed by atoms with Crippen molar-refractivity contribution in [3.8, 4) is 0 Å². The molecule has 5 heteroatoms. The van der Waals surface area contributed by atoms with Gasteiger partial charge in [0.15, 0.2) is 0 Å². The van der Waals surface area contributed by atoms with E-state index in [1.165, 1.54) is 63.4 Å². The summed E-state index contributed by atoms with van der Waals surface area (Å²) in [5.74, 6) is 2.77. The molecule has 0 radical (unpaired) electrons. The number of imidazole rings is 1. The van der Waals surface area contributed by atoms with E-state index in [1.807, 2.05) is 24.7 Å². The number of nitrogens with zero attached hydrogens (tertiary/aromatic N) is 2. The van der Waals surface area contributed by atoms with Crippen molar-refractivity contribution in [3.05, 3.63) is 46.2 Å². The molecule has 2 aromatic rings. The Hall–Kier alpha value is -1.88. The maximum absolute atomic E-state index is 12.5. The molecule has 4 aliphatic carbocycles. The minimum absolute atomic E-state index is 0.253. The predicted octanol–water partition coefficient (Wildman–Crippen LogP) is 7.08. The van der Waals surface area contributed by atoms with E-state index in [2.05, 4.69) is 27.9 Å². The van der Waals surface area contributed by atoms with Crippen molar-refractivity contribution in [2.24, 2.45) is 23.2 Å². The lowest BCUT2D eigenvalue weighted by molar-refractivity contribution is -0.136. The predicted molar refractivity (Wildman–Crippen MR) is 134 cm³/mol. The molecule has 2 heterocycles. The van der Waals surface area contributed by atoms with Gasteiger partial charge in [0.1, 0.15) is 0 Å². The molecule has 0 spiro atoms. The van der Waals surface area contributed by atoms with Gasteiger partial charge < -0.3 is 9.30 Å². The zero-order chi connectivity index (χ0) is 22.8. The number of ether oxygens (including phenoxy) is 1. The van der Waals surface area contributed by atoms with Gasteiger partial charge in [0.05, 0.1) is 25.3 Å². The number of aromatic nitrogens is 2. The summed E-state index contributed by atoms with van der Waals surface area (Å²) < 4.78 is 7.45. The Morgan fingerprint density at radius 3 is 2.58 bits per heavy atom. The highest BCUT2D eigenvalue weighted by atomic mass is 32.1. The normalized spacial score (nSPS) is 29.4. The summed E-state index contributed by atoms with van der Waals surface area (Å²) in [5, 5.41) is 2.05. The quantitative estimate of drug-likeness (QED) is 0.277. The highest BCUT2D eigenvalue weighted by Crippen LogP contribution is 2.62. The number of carbonyl (C=O) groups is 1. The molecule has 178 valence electrons. The summed E-state index contributed by atoms with van der Waals surface area (Å²) in [7, 11) is 1.47. The van der Waals surface area contributed by atoms with Crippen molar-refractivity contribution in [1.29, 1.82) is 0 Å². The van der Waals surface area contributed by atoms with E-state index in [-0.39, 0.29) is 5.97 Å². The number of thiophene rings is 1. The maximum Gasteiger partial charge on any atom is 0.334 e. The van der Waals surface area contributed by atoms with E-state index in [4.69, 9.17) is 4.74 Å². The molecule has 1 unspecified atom stereocenters. The second kappa shape index (κ2) is 9.77. The number of hydrogen-bond acceptors (Lipinski definition) is 4. The smallest absolute Gasteiger partial charge is 0.334 e. The van der Waals surface area contributed by atoms with Crippen LogP contribution in [0.25, 0.3) is 6.08 Å². The lowest BCUT2D eigenvalue weighted by Crippen LogP contribution is -2.46. The first kappa shape index (κ1) is 22.9. The van der Waals surface area contributed by atoms with Crippen LogP contribution in [0.5, 0.6) is 0 Å². The second-order valence-electron chi connectivity index (χ2n) is 11.0. The number of methoxy groups -OCH3 is 1. The van der Waals surface area contributed by atoms with Crippen LogP contribution >= 0.6 is 11.3 Å². The van der Waals surface area contributed by atoms with E-state index in [1.54, 1.807) is 11.3 Å². The molecule has 0 amide bonds. The van der Waals surface area contributed by atoms with E-state index in [9.17, 15) is 4.79 Å². The summed E-state index contributed by atoms with van der Waals surface area (Å²) in [6.45, 7) is 2.28. The molecule has 4 nitrogen and oxygen atoms in total. The SMILES string of the molecule is CCCC(CCC12CC3CC(CC(C3)C1)C2)n1cncc1/C=C(\Cc1cccs1)C(=O)OC. The Kier molecular flexibility index (Phi) is 6.78. The first-order valence-electron chi connectivity index (χ1n) is 12.9. The molecule has 0 aromatic carbocycles. The summed E-state index contributed by atoms with van der Waals surface area (Å²) in [5.41, 5.74) is 2.32. The third-order valence-electron chi connectivity index (χ3n) is 8.60. The van der Waals surface area contributed by atoms with Crippen molar-refractivity contribution in [3.63, 3.8) is 0 Å². The van der Waals surface area contributed by atoms with Crippen LogP contribution in [-0.2, 0) is 16.0 Å². The molecule has 4 bridgehead atoms. The third kappa shape index (κ3) is 4.99. The Labute approximate surface area is 202 Å². The van der Waals surface area contributed by atoms with E-state index in [0.717, 1.165) is 36.3 Å². The average Bonchev–Trinajstić information content (AvgIpc) is 3.47. The van der Waals surface area contributed by atoms with Gasteiger partial charge in [-0.1, -0.05) is 19.4 Å². The van der Waals surface area contributed by atoms with Gasteiger partial charge in [-0.25, -0.2) is 9.78 Å². The second-order valence-corrected chi connectivity index (χ2v) is 12.1. The zero-order valence-corrected chi connectivity index (χ0v) is 21.0. The standard InChI is InChI=1S/C28H38N2O2S/c1-3-5-24(7-8-28-15-20-10-21(16-28)12-22(11-20)17-28)30-19-29-18-25(30)13-23(27(31)32-2)14-26-6-4-9-33-26/h4,6,9,13,18-22,24H,3,5,7-8,10-12,14-17H2,1-2H3/b23-13+. The fraction of sp³-hybridized carbons (Fsp3) is 0.643. The average molecular weight is 467 g/mol.